The van der Waals surface area contributed by atoms with Crippen LogP contribution in [0, 0.1) is 16.7 Å². The molecule has 0 spiro atoms. The molecule has 1 heterocycles. The van der Waals surface area contributed by atoms with Crippen molar-refractivity contribution in [3.8, 4) is 17.6 Å². The molecule has 1 aliphatic carbocycles. The van der Waals surface area contributed by atoms with E-state index in [0.29, 0.717) is 29.1 Å². The number of hydrogen-bond acceptors (Lipinski definition) is 6. The van der Waals surface area contributed by atoms with E-state index in [0.717, 1.165) is 23.4 Å². The topological polar surface area (TPSA) is 91.6 Å². The van der Waals surface area contributed by atoms with E-state index in [-0.39, 0.29) is 24.4 Å². The number of Topliss-reactive ketones (excluding diaryl/α,β-unsaturated/α-hetero) is 1. The smallest absolute Gasteiger partial charge is 0.162 e. The zero-order chi connectivity index (χ0) is 20.5. The third-order valence-corrected chi connectivity index (χ3v) is 5.23. The maximum Gasteiger partial charge on any atom is 0.162 e. The molecule has 2 aliphatic rings. The molecule has 0 saturated carbocycles. The summed E-state index contributed by atoms with van der Waals surface area (Å²) in [5, 5.41) is 22.1. The van der Waals surface area contributed by atoms with Gasteiger partial charge in [0.05, 0.1) is 31.3 Å². The number of carbonyl (C=O) groups is 1. The molecule has 0 radical (unpaired) electrons. The van der Waals surface area contributed by atoms with Crippen molar-refractivity contribution >= 4 is 5.78 Å². The first kappa shape index (κ1) is 20.0. The number of ketones is 1. The quantitative estimate of drug-likeness (QED) is 0.813. The number of aliphatic hydroxyl groups is 1. The molecule has 0 unspecified atom stereocenters. The van der Waals surface area contributed by atoms with Crippen molar-refractivity contribution in [1.82, 2.24) is 5.32 Å². The van der Waals surface area contributed by atoms with Gasteiger partial charge in [-0.1, -0.05) is 19.9 Å². The van der Waals surface area contributed by atoms with E-state index in [2.05, 4.69) is 25.2 Å². The second-order valence-corrected chi connectivity index (χ2v) is 8.02. The molecule has 1 aromatic carbocycles. The van der Waals surface area contributed by atoms with Crippen LogP contribution in [0.25, 0.3) is 0 Å². The van der Waals surface area contributed by atoms with Gasteiger partial charge >= 0.3 is 0 Å². The number of nitriles is 1. The molecule has 0 amide bonds. The Labute approximate surface area is 165 Å². The average molecular weight is 382 g/mol. The number of rotatable bonds is 5. The van der Waals surface area contributed by atoms with Crippen molar-refractivity contribution < 1.29 is 19.4 Å². The van der Waals surface area contributed by atoms with Gasteiger partial charge in [-0.25, -0.2) is 0 Å². The summed E-state index contributed by atoms with van der Waals surface area (Å²) in [5.41, 5.74) is 3.59. The van der Waals surface area contributed by atoms with Crippen molar-refractivity contribution in [2.75, 3.05) is 20.3 Å². The second kappa shape index (κ2) is 7.69. The minimum Gasteiger partial charge on any atom is -0.493 e. The van der Waals surface area contributed by atoms with E-state index in [1.165, 1.54) is 0 Å². The van der Waals surface area contributed by atoms with Gasteiger partial charge in [0, 0.05) is 23.4 Å². The van der Waals surface area contributed by atoms with E-state index in [1.54, 1.807) is 13.2 Å². The minimum absolute atomic E-state index is 0.0728. The molecular formula is C22H26N2O4. The molecule has 148 valence electrons. The van der Waals surface area contributed by atoms with Gasteiger partial charge in [0.15, 0.2) is 17.3 Å². The van der Waals surface area contributed by atoms with E-state index in [4.69, 9.17) is 14.6 Å². The van der Waals surface area contributed by atoms with Crippen molar-refractivity contribution in [3.63, 3.8) is 0 Å². The fraction of sp³-hybridized carbons (Fsp3) is 0.455. The summed E-state index contributed by atoms with van der Waals surface area (Å²) < 4.78 is 10.9. The van der Waals surface area contributed by atoms with E-state index in [1.807, 2.05) is 19.1 Å². The van der Waals surface area contributed by atoms with Crippen LogP contribution in [0.4, 0.5) is 0 Å². The zero-order valence-electron chi connectivity index (χ0n) is 16.8. The van der Waals surface area contributed by atoms with Crippen molar-refractivity contribution in [2.45, 2.75) is 39.5 Å². The van der Waals surface area contributed by atoms with Gasteiger partial charge in [0.2, 0.25) is 0 Å². The van der Waals surface area contributed by atoms with Crippen LogP contribution in [-0.2, 0) is 4.79 Å². The number of allylic oxidation sites excluding steroid dienone is 4. The molecule has 0 fully saturated rings. The third kappa shape index (κ3) is 3.63. The highest BCUT2D eigenvalue weighted by molar-refractivity contribution is 6.00. The number of methoxy groups -OCH3 is 1. The Morgan fingerprint density at radius 3 is 2.71 bits per heavy atom. The lowest BCUT2D eigenvalue weighted by atomic mass is 9.69. The number of aliphatic hydroxyl groups excluding tert-OH is 1. The number of ether oxygens (including phenoxy) is 2. The predicted octanol–water partition coefficient (Wildman–Crippen LogP) is 3.19. The highest BCUT2D eigenvalue weighted by Gasteiger charge is 2.41. The Hall–Kier alpha value is -2.78. The summed E-state index contributed by atoms with van der Waals surface area (Å²) in [4.78, 5) is 13.0. The molecule has 6 nitrogen and oxygen atoms in total. The van der Waals surface area contributed by atoms with Crippen LogP contribution < -0.4 is 14.8 Å². The van der Waals surface area contributed by atoms with Gasteiger partial charge in [0.25, 0.3) is 0 Å². The molecular weight excluding hydrogens is 356 g/mol. The van der Waals surface area contributed by atoms with Gasteiger partial charge in [0.1, 0.15) is 6.61 Å². The molecule has 6 heteroatoms. The largest absolute Gasteiger partial charge is 0.493 e. The second-order valence-electron chi connectivity index (χ2n) is 8.02. The highest BCUT2D eigenvalue weighted by Crippen LogP contribution is 2.47. The minimum atomic E-state index is -0.425. The van der Waals surface area contributed by atoms with Crippen LogP contribution in [-0.4, -0.2) is 31.2 Å². The molecule has 0 aromatic heterocycles. The van der Waals surface area contributed by atoms with E-state index >= 15 is 0 Å². The Balaban J connectivity index is 2.11. The maximum absolute atomic E-state index is 13.0. The highest BCUT2D eigenvalue weighted by atomic mass is 16.5. The third-order valence-electron chi connectivity index (χ3n) is 5.23. The van der Waals surface area contributed by atoms with Gasteiger partial charge in [-0.2, -0.15) is 5.26 Å². The van der Waals surface area contributed by atoms with Crippen molar-refractivity contribution in [1.29, 1.82) is 5.26 Å². The lowest BCUT2D eigenvalue weighted by molar-refractivity contribution is -0.118. The fourth-order valence-electron chi connectivity index (χ4n) is 4.06. The summed E-state index contributed by atoms with van der Waals surface area (Å²) in [5.74, 6) is 0.665. The molecule has 1 aromatic rings. The first-order valence-electron chi connectivity index (χ1n) is 9.37. The standard InChI is InChI=1S/C22H26N2O4/c1-13-15(12-23)20(21-16(24-13)10-22(2,3)11-17(21)26)14-5-6-18(28-8-7-25)19(9-14)27-4/h5-6,9,20,24-25H,7-8,10-11H2,1-4H3/t20-/m0/s1. The Bertz CT molecular complexity index is 906. The molecule has 2 N–H and O–H groups in total. The number of nitrogens with zero attached hydrogens (tertiary/aromatic N) is 1. The number of benzene rings is 1. The molecule has 0 saturated heterocycles. The van der Waals surface area contributed by atoms with Gasteiger partial charge in [-0.05, 0) is 36.5 Å². The Kier molecular flexibility index (Phi) is 5.48. The van der Waals surface area contributed by atoms with Gasteiger partial charge in [-0.3, -0.25) is 4.79 Å². The lowest BCUT2D eigenvalue weighted by Gasteiger charge is -2.38. The van der Waals surface area contributed by atoms with Crippen LogP contribution in [0.15, 0.2) is 40.7 Å². The lowest BCUT2D eigenvalue weighted by Crippen LogP contribution is -2.36. The van der Waals surface area contributed by atoms with Crippen LogP contribution in [0.2, 0.25) is 0 Å². The van der Waals surface area contributed by atoms with Crippen molar-refractivity contribution in [3.05, 3.63) is 46.3 Å². The zero-order valence-corrected chi connectivity index (χ0v) is 16.8. The van der Waals surface area contributed by atoms with E-state index in [9.17, 15) is 10.1 Å². The normalized spacial score (nSPS) is 21.0. The molecule has 1 atom stereocenters. The number of hydrogen-bond donors (Lipinski definition) is 2. The van der Waals surface area contributed by atoms with E-state index < -0.39 is 5.92 Å². The predicted molar refractivity (Wildman–Crippen MR) is 105 cm³/mol. The van der Waals surface area contributed by atoms with Crippen LogP contribution >= 0.6 is 0 Å². The number of dihydropyridines is 1. The van der Waals surface area contributed by atoms with Crippen LogP contribution in [0.1, 0.15) is 45.1 Å². The number of nitrogens with one attached hydrogen (secondary N) is 1. The Morgan fingerprint density at radius 2 is 2.07 bits per heavy atom. The summed E-state index contributed by atoms with van der Waals surface area (Å²) in [6, 6.07) is 7.71. The monoisotopic (exact) mass is 382 g/mol. The average Bonchev–Trinajstić information content (AvgIpc) is 2.64. The SMILES string of the molecule is COc1cc([C@H]2C(C#N)=C(C)NC3=C2C(=O)CC(C)(C)C3)ccc1OCCO. The number of carbonyl (C=O) groups excluding carboxylic acids is 1. The molecule has 3 rings (SSSR count). The Morgan fingerprint density at radius 1 is 1.32 bits per heavy atom. The summed E-state index contributed by atoms with van der Waals surface area (Å²) >= 11 is 0. The summed E-state index contributed by atoms with van der Waals surface area (Å²) in [6.45, 7) is 6.10. The summed E-state index contributed by atoms with van der Waals surface area (Å²) in [7, 11) is 1.54. The van der Waals surface area contributed by atoms with Crippen molar-refractivity contribution in [2.24, 2.45) is 5.41 Å². The van der Waals surface area contributed by atoms with Gasteiger partial charge < -0.3 is 19.9 Å². The van der Waals surface area contributed by atoms with Crippen LogP contribution in [0.3, 0.4) is 0 Å². The van der Waals surface area contributed by atoms with Gasteiger partial charge in [-0.15, -0.1) is 0 Å². The molecule has 0 bridgehead atoms. The fourth-order valence-corrected chi connectivity index (χ4v) is 4.06. The maximum atomic E-state index is 13.0. The molecule has 1 aliphatic heterocycles. The van der Waals surface area contributed by atoms with Crippen LogP contribution in [0.5, 0.6) is 11.5 Å². The summed E-state index contributed by atoms with van der Waals surface area (Å²) in [6.07, 6.45) is 1.21. The molecule has 28 heavy (non-hydrogen) atoms. The first-order chi connectivity index (χ1) is 13.3. The first-order valence-corrected chi connectivity index (χ1v) is 9.37.